The largest absolute Gasteiger partial charge is 0.416 e. The molecule has 0 bridgehead atoms. The van der Waals surface area contributed by atoms with Crippen molar-refractivity contribution in [1.29, 1.82) is 0 Å². The molecule has 0 aliphatic carbocycles. The van der Waals surface area contributed by atoms with Gasteiger partial charge in [0, 0.05) is 18.8 Å². The lowest BCUT2D eigenvalue weighted by atomic mass is 10.1. The molecule has 1 rings (SSSR count). The predicted molar refractivity (Wildman–Crippen MR) is 82.7 cm³/mol. The van der Waals surface area contributed by atoms with Gasteiger partial charge in [0.15, 0.2) is 0 Å². The summed E-state index contributed by atoms with van der Waals surface area (Å²) >= 11 is 0. The molecule has 0 amide bonds. The third kappa shape index (κ3) is 6.40. The number of unbranched alkanes of at least 4 members (excludes halogenated alkanes) is 4. The Morgan fingerprint density at radius 1 is 0.905 bits per heavy atom. The highest BCUT2D eigenvalue weighted by Gasteiger charge is 2.30. The molecule has 0 N–H and O–H groups in total. The van der Waals surface area contributed by atoms with E-state index in [2.05, 4.69) is 18.7 Å². The van der Waals surface area contributed by atoms with E-state index in [4.69, 9.17) is 0 Å². The lowest BCUT2D eigenvalue weighted by molar-refractivity contribution is -0.137. The molecule has 0 aromatic heterocycles. The molecule has 4 heteroatoms. The van der Waals surface area contributed by atoms with Gasteiger partial charge in [0.25, 0.3) is 0 Å². The minimum atomic E-state index is -4.27. The van der Waals surface area contributed by atoms with Crippen molar-refractivity contribution < 1.29 is 13.2 Å². The quantitative estimate of drug-likeness (QED) is 0.514. The zero-order valence-electron chi connectivity index (χ0n) is 13.0. The van der Waals surface area contributed by atoms with E-state index in [1.165, 1.54) is 12.1 Å². The lowest BCUT2D eigenvalue weighted by Gasteiger charge is -2.25. The van der Waals surface area contributed by atoms with Crippen molar-refractivity contribution in [2.75, 3.05) is 18.0 Å². The molecule has 0 spiro atoms. The standard InChI is InChI=1S/C17H26F3N/c1-3-5-7-12-21(13-8-6-4-2)16-11-9-10-15(14-16)17(18,19)20/h9-11,14H,3-8,12-13H2,1-2H3. The molecule has 0 radical (unpaired) electrons. The molecule has 0 aliphatic rings. The molecule has 0 saturated carbocycles. The highest BCUT2D eigenvalue weighted by molar-refractivity contribution is 5.49. The van der Waals surface area contributed by atoms with Crippen LogP contribution in [0.1, 0.15) is 57.9 Å². The Morgan fingerprint density at radius 2 is 1.48 bits per heavy atom. The van der Waals surface area contributed by atoms with Gasteiger partial charge in [0.1, 0.15) is 0 Å². The summed E-state index contributed by atoms with van der Waals surface area (Å²) < 4.78 is 38.5. The normalized spacial score (nSPS) is 11.7. The number of halogens is 3. The van der Waals surface area contributed by atoms with E-state index in [1.807, 2.05) is 0 Å². The van der Waals surface area contributed by atoms with Crippen LogP contribution in [-0.4, -0.2) is 13.1 Å². The highest BCUT2D eigenvalue weighted by atomic mass is 19.4. The molecule has 1 nitrogen and oxygen atoms in total. The van der Waals surface area contributed by atoms with Crippen molar-refractivity contribution in [3.63, 3.8) is 0 Å². The third-order valence-corrected chi connectivity index (χ3v) is 3.60. The van der Waals surface area contributed by atoms with Crippen molar-refractivity contribution in [1.82, 2.24) is 0 Å². The van der Waals surface area contributed by atoms with E-state index in [9.17, 15) is 13.2 Å². The summed E-state index contributed by atoms with van der Waals surface area (Å²) in [5.74, 6) is 0. The Morgan fingerprint density at radius 3 is 1.95 bits per heavy atom. The van der Waals surface area contributed by atoms with Gasteiger partial charge in [-0.3, -0.25) is 0 Å². The maximum atomic E-state index is 12.8. The Kier molecular flexibility index (Phi) is 7.62. The van der Waals surface area contributed by atoms with Crippen molar-refractivity contribution >= 4 is 5.69 Å². The molecule has 1 aromatic rings. The number of benzene rings is 1. The van der Waals surface area contributed by atoms with Gasteiger partial charge in [-0.2, -0.15) is 13.2 Å². The van der Waals surface area contributed by atoms with Crippen molar-refractivity contribution in [2.45, 2.75) is 58.5 Å². The lowest BCUT2D eigenvalue weighted by Crippen LogP contribution is -2.26. The molecule has 21 heavy (non-hydrogen) atoms. The van der Waals surface area contributed by atoms with Crippen molar-refractivity contribution in [3.05, 3.63) is 29.8 Å². The first kappa shape index (κ1) is 17.9. The van der Waals surface area contributed by atoms with Gasteiger partial charge in [-0.15, -0.1) is 0 Å². The fraction of sp³-hybridized carbons (Fsp3) is 0.647. The average Bonchev–Trinajstić information content (AvgIpc) is 2.45. The first-order chi connectivity index (χ1) is 9.99. The van der Waals surface area contributed by atoms with Crippen LogP contribution in [0.15, 0.2) is 24.3 Å². The molecule has 0 unspecified atom stereocenters. The minimum Gasteiger partial charge on any atom is -0.372 e. The first-order valence-electron chi connectivity index (χ1n) is 7.91. The van der Waals surface area contributed by atoms with Gasteiger partial charge in [-0.05, 0) is 31.0 Å². The number of rotatable bonds is 9. The van der Waals surface area contributed by atoms with Gasteiger partial charge in [0.2, 0.25) is 0 Å². The predicted octanol–water partition coefficient (Wildman–Crippen LogP) is 5.89. The summed E-state index contributed by atoms with van der Waals surface area (Å²) in [4.78, 5) is 2.10. The van der Waals surface area contributed by atoms with Gasteiger partial charge < -0.3 is 4.90 Å². The second-order valence-electron chi connectivity index (χ2n) is 5.45. The highest BCUT2D eigenvalue weighted by Crippen LogP contribution is 2.31. The molecular formula is C17H26F3N. The second kappa shape index (κ2) is 8.96. The smallest absolute Gasteiger partial charge is 0.372 e. The number of nitrogens with zero attached hydrogens (tertiary/aromatic N) is 1. The van der Waals surface area contributed by atoms with Gasteiger partial charge in [0.05, 0.1) is 5.56 Å². The topological polar surface area (TPSA) is 3.24 Å². The number of alkyl halides is 3. The van der Waals surface area contributed by atoms with Crippen LogP contribution < -0.4 is 4.90 Å². The van der Waals surface area contributed by atoms with Crippen LogP contribution in [0.25, 0.3) is 0 Å². The van der Waals surface area contributed by atoms with E-state index >= 15 is 0 Å². The number of anilines is 1. The Labute approximate surface area is 126 Å². The molecule has 0 saturated heterocycles. The fourth-order valence-corrected chi connectivity index (χ4v) is 2.35. The van der Waals surface area contributed by atoms with Crippen LogP contribution in [-0.2, 0) is 6.18 Å². The van der Waals surface area contributed by atoms with E-state index in [0.29, 0.717) is 5.69 Å². The zero-order valence-corrected chi connectivity index (χ0v) is 13.0. The van der Waals surface area contributed by atoms with Gasteiger partial charge >= 0.3 is 6.18 Å². The maximum Gasteiger partial charge on any atom is 0.416 e. The van der Waals surface area contributed by atoms with Crippen LogP contribution in [0.5, 0.6) is 0 Å². The molecule has 120 valence electrons. The monoisotopic (exact) mass is 301 g/mol. The summed E-state index contributed by atoms with van der Waals surface area (Å²) in [6, 6.07) is 5.70. The SMILES string of the molecule is CCCCCN(CCCCC)c1cccc(C(F)(F)F)c1. The van der Waals surface area contributed by atoms with E-state index in [0.717, 1.165) is 57.7 Å². The Bertz CT molecular complexity index is 391. The Balaban J connectivity index is 2.80. The van der Waals surface area contributed by atoms with E-state index in [-0.39, 0.29) is 0 Å². The zero-order chi connectivity index (χ0) is 15.7. The molecular weight excluding hydrogens is 275 g/mol. The van der Waals surface area contributed by atoms with Crippen molar-refractivity contribution in [3.8, 4) is 0 Å². The third-order valence-electron chi connectivity index (χ3n) is 3.60. The van der Waals surface area contributed by atoms with Crippen LogP contribution in [0.3, 0.4) is 0 Å². The van der Waals surface area contributed by atoms with Crippen LogP contribution in [0.4, 0.5) is 18.9 Å². The van der Waals surface area contributed by atoms with Crippen LogP contribution in [0, 0.1) is 0 Å². The molecule has 0 heterocycles. The molecule has 0 aliphatic heterocycles. The second-order valence-corrected chi connectivity index (χ2v) is 5.45. The van der Waals surface area contributed by atoms with Crippen molar-refractivity contribution in [2.24, 2.45) is 0 Å². The minimum absolute atomic E-state index is 0.559. The van der Waals surface area contributed by atoms with E-state index in [1.54, 1.807) is 6.07 Å². The maximum absolute atomic E-state index is 12.8. The first-order valence-corrected chi connectivity index (χ1v) is 7.91. The average molecular weight is 301 g/mol. The summed E-state index contributed by atoms with van der Waals surface area (Å²) in [5.41, 5.74) is 0.132. The number of hydrogen-bond acceptors (Lipinski definition) is 1. The summed E-state index contributed by atoms with van der Waals surface area (Å²) in [6.45, 7) is 5.93. The van der Waals surface area contributed by atoms with E-state index < -0.39 is 11.7 Å². The summed E-state index contributed by atoms with van der Waals surface area (Å²) in [7, 11) is 0. The number of hydrogen-bond donors (Lipinski definition) is 0. The molecule has 1 aromatic carbocycles. The summed E-state index contributed by atoms with van der Waals surface area (Å²) in [5, 5.41) is 0. The van der Waals surface area contributed by atoms with Gasteiger partial charge in [-0.25, -0.2) is 0 Å². The Hall–Kier alpha value is -1.19. The van der Waals surface area contributed by atoms with Crippen LogP contribution >= 0.6 is 0 Å². The van der Waals surface area contributed by atoms with Crippen LogP contribution in [0.2, 0.25) is 0 Å². The van der Waals surface area contributed by atoms with Gasteiger partial charge in [-0.1, -0.05) is 45.6 Å². The fourth-order valence-electron chi connectivity index (χ4n) is 2.35. The summed E-state index contributed by atoms with van der Waals surface area (Å²) in [6.07, 6.45) is 2.25. The molecule has 0 atom stereocenters. The molecule has 0 fully saturated rings.